The summed E-state index contributed by atoms with van der Waals surface area (Å²) in [4.78, 5) is 12.7. The molecule has 2 aliphatic heterocycles. The Morgan fingerprint density at radius 2 is 1.77 bits per heavy atom. The molecular formula is C21H23ClN2O5S. The minimum atomic E-state index is -3.61. The first kappa shape index (κ1) is 21.0. The Morgan fingerprint density at radius 1 is 1.03 bits per heavy atom. The molecule has 0 spiro atoms. The molecule has 4 rings (SSSR count). The standard InChI is InChI=1S/C21H23ClN2O5S/c22-18-5-4-16(30(26,27)24-9-1-2-10-24)14-17(18)21(25)23-8-7-15-3-6-19-20(13-15)29-12-11-28-19/h3-6,13-14H,1-2,7-12H2,(H,23,25). The first-order chi connectivity index (χ1) is 14.4. The smallest absolute Gasteiger partial charge is 0.252 e. The number of rotatable bonds is 6. The van der Waals surface area contributed by atoms with E-state index < -0.39 is 15.9 Å². The molecule has 2 aromatic carbocycles. The lowest BCUT2D eigenvalue weighted by Gasteiger charge is -2.19. The molecule has 0 bridgehead atoms. The van der Waals surface area contributed by atoms with Crippen LogP contribution in [0.1, 0.15) is 28.8 Å². The maximum atomic E-state index is 12.8. The summed E-state index contributed by atoms with van der Waals surface area (Å²) in [6.07, 6.45) is 2.28. The second-order valence-corrected chi connectivity index (χ2v) is 9.58. The molecule has 0 unspecified atom stereocenters. The van der Waals surface area contributed by atoms with Crippen molar-refractivity contribution in [2.24, 2.45) is 0 Å². The Bertz CT molecular complexity index is 1050. The number of carbonyl (C=O) groups excluding carboxylic acids is 1. The number of benzene rings is 2. The van der Waals surface area contributed by atoms with Crippen molar-refractivity contribution in [1.82, 2.24) is 9.62 Å². The Kier molecular flexibility index (Phi) is 6.17. The molecule has 9 heteroatoms. The van der Waals surface area contributed by atoms with Crippen LogP contribution in [0.5, 0.6) is 11.5 Å². The number of halogens is 1. The molecule has 0 saturated carbocycles. The molecule has 1 N–H and O–H groups in total. The van der Waals surface area contributed by atoms with Crippen LogP contribution in [-0.4, -0.2) is 51.5 Å². The number of nitrogens with one attached hydrogen (secondary N) is 1. The zero-order valence-corrected chi connectivity index (χ0v) is 18.0. The average Bonchev–Trinajstić information content (AvgIpc) is 3.29. The number of amides is 1. The van der Waals surface area contributed by atoms with Crippen LogP contribution in [0.3, 0.4) is 0 Å². The zero-order chi connectivity index (χ0) is 21.1. The van der Waals surface area contributed by atoms with Crippen molar-refractivity contribution in [3.63, 3.8) is 0 Å². The lowest BCUT2D eigenvalue weighted by Crippen LogP contribution is -2.29. The van der Waals surface area contributed by atoms with Crippen LogP contribution in [0.4, 0.5) is 0 Å². The summed E-state index contributed by atoms with van der Waals surface area (Å²) in [5.74, 6) is 1.01. The number of fused-ring (bicyclic) bond motifs is 1. The van der Waals surface area contributed by atoms with Crippen molar-refractivity contribution in [2.75, 3.05) is 32.8 Å². The van der Waals surface area contributed by atoms with Gasteiger partial charge in [0.1, 0.15) is 13.2 Å². The second kappa shape index (κ2) is 8.83. The predicted molar refractivity (Wildman–Crippen MR) is 113 cm³/mol. The normalized spacial score (nSPS) is 16.4. The fourth-order valence-electron chi connectivity index (χ4n) is 3.58. The van der Waals surface area contributed by atoms with Gasteiger partial charge in [-0.2, -0.15) is 4.31 Å². The van der Waals surface area contributed by atoms with Gasteiger partial charge in [0.25, 0.3) is 5.91 Å². The molecule has 0 aliphatic carbocycles. The van der Waals surface area contributed by atoms with Crippen LogP contribution in [0.2, 0.25) is 5.02 Å². The van der Waals surface area contributed by atoms with Gasteiger partial charge in [0.15, 0.2) is 11.5 Å². The van der Waals surface area contributed by atoms with Crippen molar-refractivity contribution in [3.8, 4) is 11.5 Å². The minimum absolute atomic E-state index is 0.0887. The van der Waals surface area contributed by atoms with Gasteiger partial charge in [-0.15, -0.1) is 0 Å². The topological polar surface area (TPSA) is 84.9 Å². The van der Waals surface area contributed by atoms with Crippen molar-refractivity contribution < 1.29 is 22.7 Å². The van der Waals surface area contributed by atoms with Crippen molar-refractivity contribution in [1.29, 1.82) is 0 Å². The third-order valence-corrected chi connectivity index (χ3v) is 7.42. The van der Waals surface area contributed by atoms with Crippen LogP contribution in [0, 0.1) is 0 Å². The van der Waals surface area contributed by atoms with Gasteiger partial charge in [0, 0.05) is 19.6 Å². The third kappa shape index (κ3) is 4.40. The van der Waals surface area contributed by atoms with Crippen LogP contribution in [0.25, 0.3) is 0 Å². The summed E-state index contributed by atoms with van der Waals surface area (Å²) >= 11 is 6.18. The molecule has 2 heterocycles. The quantitative estimate of drug-likeness (QED) is 0.731. The fraction of sp³-hybridized carbons (Fsp3) is 0.381. The third-order valence-electron chi connectivity index (χ3n) is 5.19. The van der Waals surface area contributed by atoms with Crippen molar-refractivity contribution in [2.45, 2.75) is 24.2 Å². The molecule has 0 aromatic heterocycles. The van der Waals surface area contributed by atoms with Crippen molar-refractivity contribution in [3.05, 3.63) is 52.5 Å². The summed E-state index contributed by atoms with van der Waals surface area (Å²) in [7, 11) is -3.61. The summed E-state index contributed by atoms with van der Waals surface area (Å²) in [5, 5.41) is 3.03. The Balaban J connectivity index is 1.42. The molecule has 30 heavy (non-hydrogen) atoms. The highest BCUT2D eigenvalue weighted by molar-refractivity contribution is 7.89. The maximum Gasteiger partial charge on any atom is 0.252 e. The average molecular weight is 451 g/mol. The van der Waals surface area contributed by atoms with Crippen LogP contribution >= 0.6 is 11.6 Å². The molecule has 1 fully saturated rings. The van der Waals surface area contributed by atoms with Gasteiger partial charge in [-0.25, -0.2) is 8.42 Å². The fourth-order valence-corrected chi connectivity index (χ4v) is 5.32. The van der Waals surface area contributed by atoms with Gasteiger partial charge in [0.2, 0.25) is 10.0 Å². The van der Waals surface area contributed by atoms with Gasteiger partial charge in [-0.05, 0) is 55.2 Å². The van der Waals surface area contributed by atoms with Gasteiger partial charge in [-0.1, -0.05) is 17.7 Å². The highest BCUT2D eigenvalue weighted by Gasteiger charge is 2.28. The zero-order valence-electron chi connectivity index (χ0n) is 16.4. The number of carbonyl (C=O) groups is 1. The van der Waals surface area contributed by atoms with Crippen LogP contribution in [0.15, 0.2) is 41.3 Å². The number of ether oxygens (including phenoxy) is 2. The monoisotopic (exact) mass is 450 g/mol. The highest BCUT2D eigenvalue weighted by Crippen LogP contribution is 2.31. The molecule has 0 atom stereocenters. The molecule has 2 aromatic rings. The second-order valence-electron chi connectivity index (χ2n) is 7.24. The van der Waals surface area contributed by atoms with E-state index in [-0.39, 0.29) is 15.5 Å². The van der Waals surface area contributed by atoms with E-state index in [0.717, 1.165) is 24.2 Å². The minimum Gasteiger partial charge on any atom is -0.486 e. The first-order valence-corrected chi connectivity index (χ1v) is 11.7. The lowest BCUT2D eigenvalue weighted by molar-refractivity contribution is 0.0954. The van der Waals surface area contributed by atoms with E-state index in [4.69, 9.17) is 21.1 Å². The maximum absolute atomic E-state index is 12.8. The van der Waals surface area contributed by atoms with Gasteiger partial charge >= 0.3 is 0 Å². The number of hydrogen-bond acceptors (Lipinski definition) is 5. The van der Waals surface area contributed by atoms with Gasteiger partial charge < -0.3 is 14.8 Å². The van der Waals surface area contributed by atoms with Crippen LogP contribution < -0.4 is 14.8 Å². The van der Waals surface area contributed by atoms with E-state index in [9.17, 15) is 13.2 Å². The Hall–Kier alpha value is -2.29. The molecular weight excluding hydrogens is 428 g/mol. The molecule has 7 nitrogen and oxygen atoms in total. The first-order valence-electron chi connectivity index (χ1n) is 9.91. The number of sulfonamides is 1. The van der Waals surface area contributed by atoms with Crippen molar-refractivity contribution >= 4 is 27.5 Å². The number of hydrogen-bond donors (Lipinski definition) is 1. The lowest BCUT2D eigenvalue weighted by atomic mass is 10.1. The van der Waals surface area contributed by atoms with E-state index in [1.165, 1.54) is 22.5 Å². The van der Waals surface area contributed by atoms with E-state index in [0.29, 0.717) is 45.0 Å². The molecule has 0 radical (unpaired) electrons. The summed E-state index contributed by atoms with van der Waals surface area (Å²) in [6.45, 7) is 2.43. The molecule has 160 valence electrons. The van der Waals surface area contributed by atoms with Crippen LogP contribution in [-0.2, 0) is 16.4 Å². The van der Waals surface area contributed by atoms with E-state index in [1.54, 1.807) is 0 Å². The molecule has 1 amide bonds. The summed E-state index contributed by atoms with van der Waals surface area (Å²) in [5.41, 5.74) is 1.15. The Morgan fingerprint density at radius 3 is 2.53 bits per heavy atom. The van der Waals surface area contributed by atoms with E-state index >= 15 is 0 Å². The molecule has 1 saturated heterocycles. The summed E-state index contributed by atoms with van der Waals surface area (Å²) < 4.78 is 38.1. The largest absolute Gasteiger partial charge is 0.486 e. The van der Waals surface area contributed by atoms with E-state index in [1.807, 2.05) is 18.2 Å². The summed E-state index contributed by atoms with van der Waals surface area (Å²) in [6, 6.07) is 9.94. The Labute approximate surface area is 181 Å². The van der Waals surface area contributed by atoms with Gasteiger partial charge in [-0.3, -0.25) is 4.79 Å². The van der Waals surface area contributed by atoms with E-state index in [2.05, 4.69) is 5.32 Å². The highest BCUT2D eigenvalue weighted by atomic mass is 35.5. The van der Waals surface area contributed by atoms with Gasteiger partial charge in [0.05, 0.1) is 15.5 Å². The molecule has 2 aliphatic rings. The SMILES string of the molecule is O=C(NCCc1ccc2c(c1)OCCO2)c1cc(S(=O)(=O)N2CCCC2)ccc1Cl. The number of nitrogens with zero attached hydrogens (tertiary/aromatic N) is 1. The predicted octanol–water partition coefficient (Wildman–Crippen LogP) is 2.87.